The molecule has 0 saturated heterocycles. The summed E-state index contributed by atoms with van der Waals surface area (Å²) >= 11 is 0. The molecule has 0 bridgehead atoms. The Morgan fingerprint density at radius 3 is 2.52 bits per heavy atom. The molecule has 0 aliphatic rings. The second-order valence-corrected chi connectivity index (χ2v) is 6.92. The predicted molar refractivity (Wildman–Crippen MR) is 93.7 cm³/mol. The van der Waals surface area contributed by atoms with E-state index in [2.05, 4.69) is 15.2 Å². The Hall–Kier alpha value is -2.84. The number of carbonyl (C=O) groups is 1. The van der Waals surface area contributed by atoms with Gasteiger partial charge in [0.2, 0.25) is 0 Å². The topological polar surface area (TPSA) is 100 Å². The molecule has 3 aromatic rings. The quantitative estimate of drug-likeness (QED) is 0.587. The molecule has 1 aromatic heterocycles. The van der Waals surface area contributed by atoms with Gasteiger partial charge >= 0.3 is 0 Å². The number of nitrogens with one attached hydrogen (secondary N) is 3. The van der Waals surface area contributed by atoms with Crippen LogP contribution in [0.15, 0.2) is 59.5 Å². The smallest absolute Gasteiger partial charge is 0.282 e. The van der Waals surface area contributed by atoms with Gasteiger partial charge in [0.05, 0.1) is 11.5 Å². The number of aromatic amines is 1. The molecular weight excluding hydrogens is 342 g/mol. The zero-order valence-electron chi connectivity index (χ0n) is 13.4. The van der Waals surface area contributed by atoms with E-state index in [0.717, 1.165) is 10.9 Å². The fourth-order valence-corrected chi connectivity index (χ4v) is 3.16. The minimum absolute atomic E-state index is 0.0212. The van der Waals surface area contributed by atoms with Crippen molar-refractivity contribution >= 4 is 26.8 Å². The maximum absolute atomic E-state index is 12.2. The first-order chi connectivity index (χ1) is 12.0. The van der Waals surface area contributed by atoms with E-state index in [1.807, 2.05) is 31.2 Å². The first kappa shape index (κ1) is 17.0. The van der Waals surface area contributed by atoms with Crippen LogP contribution in [0.1, 0.15) is 17.4 Å². The van der Waals surface area contributed by atoms with E-state index in [1.165, 1.54) is 12.1 Å². The molecule has 8 heteroatoms. The Bertz CT molecular complexity index is 961. The lowest BCUT2D eigenvalue weighted by Crippen LogP contribution is -2.41. The number of H-pyrrole nitrogens is 1. The van der Waals surface area contributed by atoms with Crippen molar-refractivity contribution in [1.29, 1.82) is 0 Å². The average Bonchev–Trinajstić information content (AvgIpc) is 3.05. The zero-order chi connectivity index (χ0) is 17.9. The van der Waals surface area contributed by atoms with Crippen LogP contribution in [0.5, 0.6) is 5.75 Å². The molecule has 0 aliphatic carbocycles. The van der Waals surface area contributed by atoms with Crippen LogP contribution in [0.4, 0.5) is 0 Å². The summed E-state index contributed by atoms with van der Waals surface area (Å²) in [6, 6.07) is 14.9. The molecule has 1 amide bonds. The van der Waals surface area contributed by atoms with Crippen molar-refractivity contribution in [3.8, 4) is 5.75 Å². The Morgan fingerprint density at radius 1 is 1.12 bits per heavy atom. The van der Waals surface area contributed by atoms with Crippen LogP contribution < -0.4 is 15.0 Å². The predicted octanol–water partition coefficient (Wildman–Crippen LogP) is 2.19. The average molecular weight is 359 g/mol. The standard InChI is InChI=1S/C17H17N3O4S/c1-2-24-13-7-9-14(10-8-13)25(22,23)20-19-17(21)16-11-12-5-3-4-6-15(12)18-16/h3-11,18,20H,2H2,1H3,(H,19,21). The molecule has 130 valence electrons. The number of carbonyl (C=O) groups excluding carboxylic acids is 1. The van der Waals surface area contributed by atoms with Crippen LogP contribution in [-0.2, 0) is 10.0 Å². The fourth-order valence-electron chi connectivity index (χ4n) is 2.32. The van der Waals surface area contributed by atoms with Gasteiger partial charge in [-0.05, 0) is 43.3 Å². The van der Waals surface area contributed by atoms with Crippen molar-refractivity contribution < 1.29 is 17.9 Å². The molecule has 0 aliphatic heterocycles. The first-order valence-electron chi connectivity index (χ1n) is 7.62. The number of hydrogen-bond acceptors (Lipinski definition) is 4. The van der Waals surface area contributed by atoms with Crippen molar-refractivity contribution in [2.75, 3.05) is 6.61 Å². The highest BCUT2D eigenvalue weighted by atomic mass is 32.2. The molecule has 2 aromatic carbocycles. The second-order valence-electron chi connectivity index (χ2n) is 5.23. The fraction of sp³-hybridized carbons (Fsp3) is 0.118. The number of rotatable bonds is 6. The number of ether oxygens (including phenoxy) is 1. The van der Waals surface area contributed by atoms with Gasteiger partial charge in [-0.3, -0.25) is 10.2 Å². The number of aromatic nitrogens is 1. The van der Waals surface area contributed by atoms with Gasteiger partial charge in [-0.25, -0.2) is 8.42 Å². The highest BCUT2D eigenvalue weighted by Crippen LogP contribution is 2.16. The van der Waals surface area contributed by atoms with E-state index < -0.39 is 15.9 Å². The maximum atomic E-state index is 12.2. The van der Waals surface area contributed by atoms with E-state index >= 15 is 0 Å². The number of para-hydroxylation sites is 1. The Kier molecular flexibility index (Phi) is 4.73. The molecule has 3 rings (SSSR count). The number of sulfonamides is 1. The Morgan fingerprint density at radius 2 is 1.84 bits per heavy atom. The minimum Gasteiger partial charge on any atom is -0.494 e. The maximum Gasteiger partial charge on any atom is 0.282 e. The van der Waals surface area contributed by atoms with E-state index in [9.17, 15) is 13.2 Å². The van der Waals surface area contributed by atoms with Crippen LogP contribution in [-0.4, -0.2) is 25.9 Å². The summed E-state index contributed by atoms with van der Waals surface area (Å²) in [5, 5.41) is 0.863. The van der Waals surface area contributed by atoms with Crippen LogP contribution in [0.3, 0.4) is 0 Å². The molecule has 0 radical (unpaired) electrons. The lowest BCUT2D eigenvalue weighted by atomic mass is 10.2. The van der Waals surface area contributed by atoms with E-state index in [0.29, 0.717) is 12.4 Å². The monoisotopic (exact) mass is 359 g/mol. The molecule has 0 atom stereocenters. The van der Waals surface area contributed by atoms with Crippen molar-refractivity contribution in [3.63, 3.8) is 0 Å². The normalized spacial score (nSPS) is 11.4. The lowest BCUT2D eigenvalue weighted by molar-refractivity contribution is 0.0941. The number of hydrazine groups is 1. The molecular formula is C17H17N3O4S. The third-order valence-corrected chi connectivity index (χ3v) is 4.78. The summed E-state index contributed by atoms with van der Waals surface area (Å²) in [4.78, 5) is 17.2. The molecule has 3 N–H and O–H groups in total. The molecule has 1 heterocycles. The van der Waals surface area contributed by atoms with Crippen molar-refractivity contribution in [3.05, 3.63) is 60.3 Å². The summed E-state index contributed by atoms with van der Waals surface area (Å²) in [6.45, 7) is 2.33. The number of benzene rings is 2. The van der Waals surface area contributed by atoms with Crippen molar-refractivity contribution in [2.45, 2.75) is 11.8 Å². The van der Waals surface area contributed by atoms with Gasteiger partial charge in [-0.15, -0.1) is 4.83 Å². The van der Waals surface area contributed by atoms with Gasteiger partial charge in [-0.1, -0.05) is 18.2 Å². The van der Waals surface area contributed by atoms with Gasteiger partial charge in [-0.2, -0.15) is 0 Å². The van der Waals surface area contributed by atoms with Gasteiger partial charge in [0.1, 0.15) is 11.4 Å². The number of hydrogen-bond donors (Lipinski definition) is 3. The number of fused-ring (bicyclic) bond motifs is 1. The third-order valence-electron chi connectivity index (χ3n) is 3.52. The highest BCUT2D eigenvalue weighted by Gasteiger charge is 2.16. The van der Waals surface area contributed by atoms with Gasteiger partial charge in [0, 0.05) is 10.9 Å². The van der Waals surface area contributed by atoms with Crippen LogP contribution in [0.25, 0.3) is 10.9 Å². The molecule has 25 heavy (non-hydrogen) atoms. The van der Waals surface area contributed by atoms with Crippen LogP contribution >= 0.6 is 0 Å². The lowest BCUT2D eigenvalue weighted by Gasteiger charge is -2.08. The summed E-state index contributed by atoms with van der Waals surface area (Å²) in [7, 11) is -3.88. The summed E-state index contributed by atoms with van der Waals surface area (Å²) < 4.78 is 29.7. The van der Waals surface area contributed by atoms with E-state index in [4.69, 9.17) is 4.74 Å². The van der Waals surface area contributed by atoms with E-state index in [-0.39, 0.29) is 10.6 Å². The molecule has 0 fully saturated rings. The number of amides is 1. The molecule has 0 unspecified atom stereocenters. The Balaban J connectivity index is 1.69. The van der Waals surface area contributed by atoms with Crippen LogP contribution in [0, 0.1) is 0 Å². The van der Waals surface area contributed by atoms with Crippen LogP contribution in [0.2, 0.25) is 0 Å². The molecule has 0 saturated carbocycles. The molecule has 0 spiro atoms. The third kappa shape index (κ3) is 3.81. The SMILES string of the molecule is CCOc1ccc(S(=O)(=O)NNC(=O)c2cc3ccccc3[nH]2)cc1. The summed E-state index contributed by atoms with van der Waals surface area (Å²) in [5.41, 5.74) is 3.25. The summed E-state index contributed by atoms with van der Waals surface area (Å²) in [6.07, 6.45) is 0. The molecule has 7 nitrogen and oxygen atoms in total. The van der Waals surface area contributed by atoms with Crippen molar-refractivity contribution in [2.24, 2.45) is 0 Å². The van der Waals surface area contributed by atoms with Gasteiger partial charge < -0.3 is 9.72 Å². The zero-order valence-corrected chi connectivity index (χ0v) is 14.3. The highest BCUT2D eigenvalue weighted by molar-refractivity contribution is 7.89. The largest absolute Gasteiger partial charge is 0.494 e. The second kappa shape index (κ2) is 6.96. The van der Waals surface area contributed by atoms with Crippen molar-refractivity contribution in [1.82, 2.24) is 15.2 Å². The van der Waals surface area contributed by atoms with Gasteiger partial charge in [0.25, 0.3) is 15.9 Å². The minimum atomic E-state index is -3.88. The first-order valence-corrected chi connectivity index (χ1v) is 9.10. The summed E-state index contributed by atoms with van der Waals surface area (Å²) in [5.74, 6) is -0.00530. The van der Waals surface area contributed by atoms with Gasteiger partial charge in [0.15, 0.2) is 0 Å². The van der Waals surface area contributed by atoms with E-state index in [1.54, 1.807) is 18.2 Å². The Labute approximate surface area is 145 Å².